The van der Waals surface area contributed by atoms with Crippen molar-refractivity contribution in [1.29, 1.82) is 0 Å². The van der Waals surface area contributed by atoms with E-state index >= 15 is 0 Å². The molecule has 0 atom stereocenters. The van der Waals surface area contributed by atoms with Crippen LogP contribution in [0.5, 0.6) is 0 Å². The van der Waals surface area contributed by atoms with E-state index in [1.165, 1.54) is 6.92 Å². The van der Waals surface area contributed by atoms with Gasteiger partial charge in [0.25, 0.3) is 0 Å². The molecule has 0 aliphatic carbocycles. The minimum atomic E-state index is -0.0833. The Balaban J connectivity index is 0. The van der Waals surface area contributed by atoms with E-state index in [-0.39, 0.29) is 35.3 Å². The van der Waals surface area contributed by atoms with Crippen LogP contribution in [0.15, 0.2) is 12.3 Å². The minimum absolute atomic E-state index is 0. The third-order valence-corrected chi connectivity index (χ3v) is 0. The summed E-state index contributed by atoms with van der Waals surface area (Å²) in [6.07, 6.45) is 0. The van der Waals surface area contributed by atoms with E-state index in [1.807, 2.05) is 0 Å². The van der Waals surface area contributed by atoms with Crippen LogP contribution in [0.2, 0.25) is 0 Å². The van der Waals surface area contributed by atoms with Crippen LogP contribution in [0, 0.1) is 0 Å². The molecule has 0 fully saturated rings. The fourth-order valence-corrected chi connectivity index (χ4v) is 0. The summed E-state index contributed by atoms with van der Waals surface area (Å²) in [5.74, 6) is -0.0833. The maximum Gasteiger partial charge on any atom is 1.00 e. The van der Waals surface area contributed by atoms with Crippen molar-refractivity contribution in [3.8, 4) is 0 Å². The maximum atomic E-state index is 9.33. The maximum absolute atomic E-state index is 9.33. The summed E-state index contributed by atoms with van der Waals surface area (Å²) in [6, 6.07) is 0. The molecule has 0 aromatic heterocycles. The van der Waals surface area contributed by atoms with Gasteiger partial charge in [-0.1, -0.05) is 6.92 Å². The molecule has 0 spiro atoms. The third-order valence-electron chi connectivity index (χ3n) is 0. The standard InChI is InChI=1S/C3H6O.Na/c1-3(2)4;/h4H,1H2,2H3;/q;+1/p-1. The molecule has 0 N–H and O–H groups in total. The van der Waals surface area contributed by atoms with Crippen LogP contribution in [0.4, 0.5) is 0 Å². The molecule has 0 saturated carbocycles. The van der Waals surface area contributed by atoms with E-state index in [2.05, 4.69) is 6.58 Å². The number of hydrogen-bond acceptors (Lipinski definition) is 1. The van der Waals surface area contributed by atoms with Crippen LogP contribution in [0.3, 0.4) is 0 Å². The summed E-state index contributed by atoms with van der Waals surface area (Å²) in [4.78, 5) is 0. The molecule has 24 valence electrons. The Hall–Kier alpha value is 0.540. The molecule has 0 heterocycles. The van der Waals surface area contributed by atoms with Crippen molar-refractivity contribution in [3.63, 3.8) is 0 Å². The van der Waals surface area contributed by atoms with Crippen molar-refractivity contribution in [1.82, 2.24) is 0 Å². The van der Waals surface area contributed by atoms with Gasteiger partial charge >= 0.3 is 29.6 Å². The van der Waals surface area contributed by atoms with Crippen LogP contribution in [-0.2, 0) is 0 Å². The molecule has 0 aromatic carbocycles. The Labute approximate surface area is 54.0 Å². The molecule has 2 heteroatoms. The zero-order valence-electron chi connectivity index (χ0n) is 3.62. The van der Waals surface area contributed by atoms with E-state index in [1.54, 1.807) is 0 Å². The molecule has 0 amide bonds. The first-order chi connectivity index (χ1) is 1.73. The molecule has 0 aliphatic rings. The Morgan fingerprint density at radius 3 is 1.80 bits per heavy atom. The second kappa shape index (κ2) is 4.54. The molecule has 5 heavy (non-hydrogen) atoms. The van der Waals surface area contributed by atoms with Crippen LogP contribution < -0.4 is 34.7 Å². The van der Waals surface area contributed by atoms with Gasteiger partial charge in [0, 0.05) is 0 Å². The van der Waals surface area contributed by atoms with E-state index < -0.39 is 0 Å². The van der Waals surface area contributed by atoms with Gasteiger partial charge in [0.1, 0.15) is 0 Å². The average molecular weight is 80.1 g/mol. The van der Waals surface area contributed by atoms with Gasteiger partial charge in [0.2, 0.25) is 0 Å². The number of hydrogen-bond donors (Lipinski definition) is 0. The molecule has 0 unspecified atom stereocenters. The van der Waals surface area contributed by atoms with Crippen LogP contribution in [0.1, 0.15) is 6.92 Å². The summed E-state index contributed by atoms with van der Waals surface area (Å²) in [5, 5.41) is 9.33. The molecule has 0 rings (SSSR count). The van der Waals surface area contributed by atoms with Crippen molar-refractivity contribution < 1.29 is 34.7 Å². The Morgan fingerprint density at radius 1 is 1.80 bits per heavy atom. The second-order valence-corrected chi connectivity index (χ2v) is 0.702. The van der Waals surface area contributed by atoms with Gasteiger partial charge in [-0.2, -0.15) is 0 Å². The normalized spacial score (nSPS) is 5.00. The first-order valence-corrected chi connectivity index (χ1v) is 1.06. The topological polar surface area (TPSA) is 23.1 Å². The van der Waals surface area contributed by atoms with E-state index in [9.17, 15) is 5.11 Å². The average Bonchev–Trinajstić information content (AvgIpc) is 0.811. The number of allylic oxidation sites excluding steroid dienone is 1. The Bertz CT molecular complexity index is 29.9. The zero-order valence-corrected chi connectivity index (χ0v) is 5.62. The quantitative estimate of drug-likeness (QED) is 0.223. The molecule has 0 bridgehead atoms. The van der Waals surface area contributed by atoms with Crippen LogP contribution in [-0.4, -0.2) is 0 Å². The largest absolute Gasteiger partial charge is 1.00 e. The van der Waals surface area contributed by atoms with Crippen molar-refractivity contribution in [3.05, 3.63) is 12.3 Å². The van der Waals surface area contributed by atoms with Crippen LogP contribution in [0.25, 0.3) is 0 Å². The van der Waals surface area contributed by atoms with Gasteiger partial charge in [-0.25, -0.2) is 0 Å². The molecule has 0 saturated heterocycles. The van der Waals surface area contributed by atoms with Gasteiger partial charge in [-0.05, 0) is 0 Å². The minimum Gasteiger partial charge on any atom is -0.876 e. The fraction of sp³-hybridized carbons (Fsp3) is 0.333. The van der Waals surface area contributed by atoms with E-state index in [4.69, 9.17) is 0 Å². The zero-order chi connectivity index (χ0) is 3.58. The van der Waals surface area contributed by atoms with Gasteiger partial charge in [0.15, 0.2) is 0 Å². The molecule has 0 aliphatic heterocycles. The summed E-state index contributed by atoms with van der Waals surface area (Å²) in [5.41, 5.74) is 0. The summed E-state index contributed by atoms with van der Waals surface area (Å²) < 4.78 is 0. The monoisotopic (exact) mass is 80.0 g/mol. The van der Waals surface area contributed by atoms with Gasteiger partial charge in [-0.15, -0.1) is 12.3 Å². The summed E-state index contributed by atoms with van der Waals surface area (Å²) >= 11 is 0. The first-order valence-electron chi connectivity index (χ1n) is 1.06. The first kappa shape index (κ1) is 9.11. The summed E-state index contributed by atoms with van der Waals surface area (Å²) in [7, 11) is 0. The van der Waals surface area contributed by atoms with Crippen molar-refractivity contribution in [2.45, 2.75) is 6.92 Å². The SMILES string of the molecule is C=C(C)[O-].[Na+]. The molecule has 0 radical (unpaired) electrons. The van der Waals surface area contributed by atoms with Gasteiger partial charge in [-0.3, -0.25) is 0 Å². The molecule has 1 nitrogen and oxygen atoms in total. The molecular weight excluding hydrogens is 75.0 g/mol. The van der Waals surface area contributed by atoms with E-state index in [0.29, 0.717) is 0 Å². The summed E-state index contributed by atoms with van der Waals surface area (Å²) in [6.45, 7) is 4.42. The molecule has 0 aromatic rings. The van der Waals surface area contributed by atoms with Crippen LogP contribution >= 0.6 is 0 Å². The third kappa shape index (κ3) is 100. The second-order valence-electron chi connectivity index (χ2n) is 0.702. The van der Waals surface area contributed by atoms with Gasteiger partial charge < -0.3 is 5.11 Å². The fourth-order valence-electron chi connectivity index (χ4n) is 0. The Kier molecular flexibility index (Phi) is 8.27. The van der Waals surface area contributed by atoms with E-state index in [0.717, 1.165) is 0 Å². The smallest absolute Gasteiger partial charge is 0.876 e. The molecular formula is C3H5NaO. The van der Waals surface area contributed by atoms with Crippen molar-refractivity contribution >= 4 is 0 Å². The predicted molar refractivity (Wildman–Crippen MR) is 14.8 cm³/mol. The van der Waals surface area contributed by atoms with Crippen molar-refractivity contribution in [2.75, 3.05) is 0 Å². The predicted octanol–water partition coefficient (Wildman–Crippen LogP) is -3.12. The van der Waals surface area contributed by atoms with Gasteiger partial charge in [0.05, 0.1) is 0 Å². The van der Waals surface area contributed by atoms with Crippen molar-refractivity contribution in [2.24, 2.45) is 0 Å². The Morgan fingerprint density at radius 2 is 1.80 bits per heavy atom. The number of rotatable bonds is 0.